The van der Waals surface area contributed by atoms with Crippen molar-refractivity contribution in [1.29, 1.82) is 0 Å². The molecule has 1 amide bonds. The Kier molecular flexibility index (Phi) is 3.39. The van der Waals surface area contributed by atoms with E-state index in [1.54, 1.807) is 6.92 Å². The summed E-state index contributed by atoms with van der Waals surface area (Å²) in [6, 6.07) is 0. The van der Waals surface area contributed by atoms with Crippen LogP contribution >= 0.6 is 11.3 Å². The Balaban J connectivity index is 2.26. The minimum absolute atomic E-state index is 0.0463. The zero-order valence-corrected chi connectivity index (χ0v) is 11.6. The molecule has 3 N–H and O–H groups in total. The van der Waals surface area contributed by atoms with E-state index in [0.717, 1.165) is 17.7 Å². The maximum Gasteiger partial charge on any atom is 0.295 e. The first-order valence-corrected chi connectivity index (χ1v) is 7.37. The van der Waals surface area contributed by atoms with Crippen LogP contribution in [-0.4, -0.2) is 24.3 Å². The lowest BCUT2D eigenvalue weighted by molar-refractivity contribution is 0.0996. The second kappa shape index (κ2) is 4.72. The fraction of sp³-hybridized carbons (Fsp3) is 0.222. The number of oxazole rings is 1. The molecule has 2 rings (SSSR count). The monoisotopic (exact) mass is 302 g/mol. The topological polar surface area (TPSA) is 128 Å². The van der Waals surface area contributed by atoms with Crippen LogP contribution in [0.3, 0.4) is 0 Å². The lowest BCUT2D eigenvalue weighted by Crippen LogP contribution is -2.12. The molecule has 0 aliphatic heterocycles. The summed E-state index contributed by atoms with van der Waals surface area (Å²) < 4.78 is 27.3. The van der Waals surface area contributed by atoms with Crippen LogP contribution in [-0.2, 0) is 10.0 Å². The van der Waals surface area contributed by atoms with Gasteiger partial charge in [-0.1, -0.05) is 11.3 Å². The van der Waals surface area contributed by atoms with E-state index in [0.29, 0.717) is 5.69 Å². The number of carbonyl (C=O) groups excluding carboxylic acids is 1. The molecule has 0 aliphatic carbocycles. The van der Waals surface area contributed by atoms with E-state index in [1.807, 2.05) is 0 Å². The first kappa shape index (κ1) is 13.6. The predicted octanol–water partition coefficient (Wildman–Crippen LogP) is 0.648. The number of hydrogen-bond donors (Lipinski definition) is 2. The van der Waals surface area contributed by atoms with Gasteiger partial charge in [0.1, 0.15) is 0 Å². The van der Waals surface area contributed by atoms with Crippen LogP contribution in [0, 0.1) is 13.8 Å². The van der Waals surface area contributed by atoms with Crippen LogP contribution in [0.25, 0.3) is 0 Å². The van der Waals surface area contributed by atoms with Crippen LogP contribution in [0.5, 0.6) is 0 Å². The number of anilines is 1. The number of primary sulfonamides is 1. The molecule has 2 aromatic heterocycles. The Morgan fingerprint density at radius 1 is 1.42 bits per heavy atom. The molecular formula is C9H10N4O4S2. The van der Waals surface area contributed by atoms with Crippen molar-refractivity contribution >= 4 is 32.4 Å². The van der Waals surface area contributed by atoms with Crippen molar-refractivity contribution in [2.75, 3.05) is 5.32 Å². The zero-order valence-electron chi connectivity index (χ0n) is 10.00. The summed E-state index contributed by atoms with van der Waals surface area (Å²) in [6.07, 6.45) is 1.15. The van der Waals surface area contributed by atoms with Crippen LogP contribution in [0.2, 0.25) is 0 Å². The third-order valence-electron chi connectivity index (χ3n) is 2.18. The van der Waals surface area contributed by atoms with E-state index in [-0.39, 0.29) is 20.8 Å². The normalized spacial score (nSPS) is 11.5. The minimum Gasteiger partial charge on any atom is -0.438 e. The number of amides is 1. The van der Waals surface area contributed by atoms with Gasteiger partial charge < -0.3 is 4.42 Å². The lowest BCUT2D eigenvalue weighted by atomic mass is 10.3. The molecule has 0 atom stereocenters. The molecule has 0 aliphatic rings. The summed E-state index contributed by atoms with van der Waals surface area (Å²) >= 11 is 0.780. The van der Waals surface area contributed by atoms with Crippen LogP contribution < -0.4 is 10.5 Å². The van der Waals surface area contributed by atoms with Crippen molar-refractivity contribution in [3.63, 3.8) is 0 Å². The number of nitrogens with zero attached hydrogens (tertiary/aromatic N) is 2. The largest absolute Gasteiger partial charge is 0.438 e. The van der Waals surface area contributed by atoms with Gasteiger partial charge in [-0.15, -0.1) is 0 Å². The van der Waals surface area contributed by atoms with Gasteiger partial charge in [-0.3, -0.25) is 10.1 Å². The van der Waals surface area contributed by atoms with Crippen molar-refractivity contribution in [2.45, 2.75) is 18.1 Å². The third-order valence-corrected chi connectivity index (χ3v) is 4.81. The van der Waals surface area contributed by atoms with E-state index in [4.69, 9.17) is 9.56 Å². The molecule has 0 spiro atoms. The number of carbonyl (C=O) groups is 1. The van der Waals surface area contributed by atoms with E-state index in [2.05, 4.69) is 15.3 Å². The molecule has 102 valence electrons. The third kappa shape index (κ3) is 2.80. The highest BCUT2D eigenvalue weighted by Crippen LogP contribution is 2.26. The van der Waals surface area contributed by atoms with Crippen molar-refractivity contribution in [3.8, 4) is 0 Å². The highest BCUT2D eigenvalue weighted by Gasteiger charge is 2.20. The Morgan fingerprint density at radius 2 is 2.11 bits per heavy atom. The molecular weight excluding hydrogens is 292 g/mol. The number of nitrogens with one attached hydrogen (secondary N) is 1. The Bertz CT molecular complexity index is 731. The number of hydrogen-bond acceptors (Lipinski definition) is 7. The molecule has 0 saturated carbocycles. The summed E-state index contributed by atoms with van der Waals surface area (Å²) in [5, 5.41) is 7.58. The number of rotatable bonds is 3. The first-order valence-electron chi connectivity index (χ1n) is 5.00. The van der Waals surface area contributed by atoms with Crippen molar-refractivity contribution in [2.24, 2.45) is 5.14 Å². The number of nitrogens with two attached hydrogens (primary N) is 1. The second-order valence-electron chi connectivity index (χ2n) is 3.66. The number of sulfonamides is 1. The Hall–Kier alpha value is -1.78. The molecule has 8 nitrogen and oxygen atoms in total. The van der Waals surface area contributed by atoms with Crippen molar-refractivity contribution in [3.05, 3.63) is 23.5 Å². The average Bonchev–Trinajstić information content (AvgIpc) is 2.83. The predicted molar refractivity (Wildman–Crippen MR) is 67.4 cm³/mol. The molecule has 0 bridgehead atoms. The van der Waals surface area contributed by atoms with E-state index in [9.17, 15) is 13.2 Å². The smallest absolute Gasteiger partial charge is 0.295 e. The van der Waals surface area contributed by atoms with Crippen LogP contribution in [0.15, 0.2) is 15.0 Å². The standard InChI is InChI=1S/C9H10N4O4S2/c1-4-6(17-3-11-4)7(14)13-9-12-5(2)8(18-9)19(10,15)16/h3H,1-2H3,(H2,10,15,16)(H,12,13,14). The highest BCUT2D eigenvalue weighted by atomic mass is 32.2. The minimum atomic E-state index is -3.84. The molecule has 19 heavy (non-hydrogen) atoms. The van der Waals surface area contributed by atoms with E-state index < -0.39 is 15.9 Å². The molecule has 2 aromatic rings. The molecule has 0 aromatic carbocycles. The lowest BCUT2D eigenvalue weighted by Gasteiger charge is -1.97. The fourth-order valence-corrected chi connectivity index (χ4v) is 3.23. The van der Waals surface area contributed by atoms with Gasteiger partial charge in [0.05, 0.1) is 11.4 Å². The van der Waals surface area contributed by atoms with Gasteiger partial charge in [0, 0.05) is 0 Å². The SMILES string of the molecule is Cc1ncoc1C(=O)Nc1nc(C)c(S(N)(=O)=O)s1. The Labute approximate surface area is 112 Å². The number of aromatic nitrogens is 2. The summed E-state index contributed by atoms with van der Waals surface area (Å²) in [6.45, 7) is 3.10. The van der Waals surface area contributed by atoms with Gasteiger partial charge in [-0.05, 0) is 13.8 Å². The average molecular weight is 302 g/mol. The second-order valence-corrected chi connectivity index (χ2v) is 6.41. The first-order chi connectivity index (χ1) is 8.79. The van der Waals surface area contributed by atoms with Crippen LogP contribution in [0.4, 0.5) is 5.13 Å². The molecule has 10 heteroatoms. The van der Waals surface area contributed by atoms with Gasteiger partial charge in [0.2, 0.25) is 15.8 Å². The summed E-state index contributed by atoms with van der Waals surface area (Å²) in [4.78, 5) is 19.5. The van der Waals surface area contributed by atoms with Crippen LogP contribution in [0.1, 0.15) is 21.9 Å². The molecule has 0 radical (unpaired) electrons. The van der Waals surface area contributed by atoms with Gasteiger partial charge in [0.25, 0.3) is 5.91 Å². The van der Waals surface area contributed by atoms with Crippen molar-refractivity contribution < 1.29 is 17.6 Å². The van der Waals surface area contributed by atoms with Crippen molar-refractivity contribution in [1.82, 2.24) is 9.97 Å². The zero-order chi connectivity index (χ0) is 14.2. The van der Waals surface area contributed by atoms with Gasteiger partial charge in [0.15, 0.2) is 15.7 Å². The maximum absolute atomic E-state index is 11.8. The van der Waals surface area contributed by atoms with E-state index in [1.165, 1.54) is 6.92 Å². The fourth-order valence-electron chi connectivity index (χ4n) is 1.37. The Morgan fingerprint density at radius 3 is 2.58 bits per heavy atom. The van der Waals surface area contributed by atoms with E-state index >= 15 is 0 Å². The quantitative estimate of drug-likeness (QED) is 0.856. The van der Waals surface area contributed by atoms with Gasteiger partial charge >= 0.3 is 0 Å². The maximum atomic E-state index is 11.8. The highest BCUT2D eigenvalue weighted by molar-refractivity contribution is 7.91. The molecule has 0 saturated heterocycles. The van der Waals surface area contributed by atoms with Gasteiger partial charge in [-0.2, -0.15) is 0 Å². The molecule has 0 fully saturated rings. The summed E-state index contributed by atoms with van der Waals surface area (Å²) in [5.41, 5.74) is 0.662. The summed E-state index contributed by atoms with van der Waals surface area (Å²) in [5.74, 6) is -0.505. The number of aryl methyl sites for hydroxylation is 2. The number of thiazole rings is 1. The molecule has 2 heterocycles. The molecule has 0 unspecified atom stereocenters. The summed E-state index contributed by atoms with van der Waals surface area (Å²) in [7, 11) is -3.84. The van der Waals surface area contributed by atoms with Gasteiger partial charge in [-0.25, -0.2) is 23.5 Å².